The molecule has 0 unspecified atom stereocenters. The molecule has 1 aliphatic carbocycles. The number of phenols is 1. The van der Waals surface area contributed by atoms with Crippen molar-refractivity contribution in [2.75, 3.05) is 7.11 Å². The number of ether oxygens (including phenoxy) is 1. The number of benzene rings is 2. The molecule has 0 amide bonds. The van der Waals surface area contributed by atoms with E-state index in [1.807, 2.05) is 30.3 Å². The molecule has 3 nitrogen and oxygen atoms in total. The van der Waals surface area contributed by atoms with Crippen molar-refractivity contribution in [2.45, 2.75) is 18.4 Å². The Morgan fingerprint density at radius 3 is 2.59 bits per heavy atom. The number of nitrogens with two attached hydrogens (primary N) is 1. The van der Waals surface area contributed by atoms with Crippen molar-refractivity contribution in [3.63, 3.8) is 0 Å². The Bertz CT molecular complexity index is 588. The van der Waals surface area contributed by atoms with Gasteiger partial charge in [-0.2, -0.15) is 0 Å². The molecule has 2 aromatic rings. The van der Waals surface area contributed by atoms with Crippen LogP contribution in [0.5, 0.6) is 11.5 Å². The summed E-state index contributed by atoms with van der Waals surface area (Å²) in [5, 5.41) is 12.0. The first-order valence-corrected chi connectivity index (χ1v) is 5.74. The molecule has 17 heavy (non-hydrogen) atoms. The summed E-state index contributed by atoms with van der Waals surface area (Å²) in [6, 6.07) is 9.53. The molecule has 1 fully saturated rings. The van der Waals surface area contributed by atoms with E-state index >= 15 is 0 Å². The van der Waals surface area contributed by atoms with Crippen LogP contribution in [0, 0.1) is 0 Å². The van der Waals surface area contributed by atoms with Crippen LogP contribution < -0.4 is 10.5 Å². The fourth-order valence-electron chi connectivity index (χ4n) is 2.30. The van der Waals surface area contributed by atoms with Gasteiger partial charge in [0, 0.05) is 21.9 Å². The van der Waals surface area contributed by atoms with Gasteiger partial charge < -0.3 is 15.6 Å². The minimum atomic E-state index is -0.318. The maximum absolute atomic E-state index is 10.3. The summed E-state index contributed by atoms with van der Waals surface area (Å²) >= 11 is 0. The highest BCUT2D eigenvalue weighted by atomic mass is 16.5. The van der Waals surface area contributed by atoms with E-state index in [1.165, 1.54) is 0 Å². The van der Waals surface area contributed by atoms with Crippen molar-refractivity contribution < 1.29 is 9.84 Å². The van der Waals surface area contributed by atoms with Crippen molar-refractivity contribution in [1.82, 2.24) is 0 Å². The van der Waals surface area contributed by atoms with E-state index in [9.17, 15) is 5.11 Å². The number of hydrogen-bond donors (Lipinski definition) is 2. The highest BCUT2D eigenvalue weighted by Gasteiger charge is 2.42. The van der Waals surface area contributed by atoms with Gasteiger partial charge in [0.1, 0.15) is 11.5 Å². The molecule has 0 atom stereocenters. The minimum Gasteiger partial charge on any atom is -0.507 e. The van der Waals surface area contributed by atoms with Gasteiger partial charge >= 0.3 is 0 Å². The first-order valence-electron chi connectivity index (χ1n) is 5.74. The number of fused-ring (bicyclic) bond motifs is 1. The van der Waals surface area contributed by atoms with E-state index in [1.54, 1.807) is 7.11 Å². The molecule has 0 aromatic heterocycles. The van der Waals surface area contributed by atoms with Gasteiger partial charge in [-0.1, -0.05) is 24.3 Å². The molecule has 1 saturated carbocycles. The molecule has 2 aromatic carbocycles. The van der Waals surface area contributed by atoms with E-state index in [0.29, 0.717) is 5.75 Å². The lowest BCUT2D eigenvalue weighted by atomic mass is 9.99. The molecule has 3 N–H and O–H groups in total. The molecule has 0 saturated heterocycles. The second kappa shape index (κ2) is 3.37. The summed E-state index contributed by atoms with van der Waals surface area (Å²) in [5.74, 6) is 1.06. The van der Waals surface area contributed by atoms with Crippen LogP contribution in [-0.2, 0) is 5.54 Å². The van der Waals surface area contributed by atoms with Gasteiger partial charge in [-0.25, -0.2) is 0 Å². The van der Waals surface area contributed by atoms with E-state index < -0.39 is 0 Å². The van der Waals surface area contributed by atoms with Crippen molar-refractivity contribution in [3.05, 3.63) is 35.9 Å². The molecule has 0 bridgehead atoms. The molecular formula is C14H15NO2. The standard InChI is InChI=1S/C14H15NO2/c1-17-12-4-2-3-10-9(12)5-6-11(13(10)16)14(15)7-8-14/h2-6,16H,7-8,15H2,1H3. The summed E-state index contributed by atoms with van der Waals surface area (Å²) in [6.45, 7) is 0. The molecule has 0 aliphatic heterocycles. The van der Waals surface area contributed by atoms with Crippen LogP contribution in [0.3, 0.4) is 0 Å². The Morgan fingerprint density at radius 2 is 1.94 bits per heavy atom. The largest absolute Gasteiger partial charge is 0.507 e. The lowest BCUT2D eigenvalue weighted by molar-refractivity contribution is 0.419. The van der Waals surface area contributed by atoms with Crippen LogP contribution in [0.25, 0.3) is 10.8 Å². The number of aromatic hydroxyl groups is 1. The van der Waals surface area contributed by atoms with Gasteiger partial charge in [-0.3, -0.25) is 0 Å². The molecule has 1 aliphatic rings. The first kappa shape index (κ1) is 10.4. The van der Waals surface area contributed by atoms with Crippen LogP contribution in [0.15, 0.2) is 30.3 Å². The van der Waals surface area contributed by atoms with Crippen LogP contribution in [0.2, 0.25) is 0 Å². The monoisotopic (exact) mass is 229 g/mol. The highest BCUT2D eigenvalue weighted by molar-refractivity contribution is 5.94. The van der Waals surface area contributed by atoms with Gasteiger partial charge in [-0.15, -0.1) is 0 Å². The predicted octanol–water partition coefficient (Wildman–Crippen LogP) is 2.50. The Balaban J connectivity index is 2.28. The third-order valence-corrected chi connectivity index (χ3v) is 3.54. The molecule has 3 rings (SSSR count). The van der Waals surface area contributed by atoms with Crippen molar-refractivity contribution in [1.29, 1.82) is 0 Å². The van der Waals surface area contributed by atoms with Crippen molar-refractivity contribution >= 4 is 10.8 Å². The maximum atomic E-state index is 10.3. The minimum absolute atomic E-state index is 0.293. The average Bonchev–Trinajstić information content (AvgIpc) is 3.08. The summed E-state index contributed by atoms with van der Waals surface area (Å²) in [7, 11) is 1.63. The fourth-order valence-corrected chi connectivity index (χ4v) is 2.30. The first-order chi connectivity index (χ1) is 8.15. The third kappa shape index (κ3) is 1.46. The van der Waals surface area contributed by atoms with Crippen LogP contribution in [-0.4, -0.2) is 12.2 Å². The second-order valence-corrected chi connectivity index (χ2v) is 4.67. The van der Waals surface area contributed by atoms with Gasteiger partial charge in [0.25, 0.3) is 0 Å². The van der Waals surface area contributed by atoms with E-state index in [2.05, 4.69) is 0 Å². The van der Waals surface area contributed by atoms with E-state index in [-0.39, 0.29) is 5.54 Å². The quantitative estimate of drug-likeness (QED) is 0.831. The fraction of sp³-hybridized carbons (Fsp3) is 0.286. The lowest BCUT2D eigenvalue weighted by Gasteiger charge is -2.14. The summed E-state index contributed by atoms with van der Waals surface area (Å²) in [5.41, 5.74) is 6.67. The lowest BCUT2D eigenvalue weighted by Crippen LogP contribution is -2.18. The van der Waals surface area contributed by atoms with E-state index in [4.69, 9.17) is 10.5 Å². The topological polar surface area (TPSA) is 55.5 Å². The van der Waals surface area contributed by atoms with Gasteiger partial charge in [-0.05, 0) is 18.9 Å². The smallest absolute Gasteiger partial charge is 0.128 e. The Kier molecular flexibility index (Phi) is 2.07. The zero-order valence-electron chi connectivity index (χ0n) is 9.73. The molecule has 88 valence electrons. The van der Waals surface area contributed by atoms with Crippen LogP contribution >= 0.6 is 0 Å². The maximum Gasteiger partial charge on any atom is 0.128 e. The summed E-state index contributed by atoms with van der Waals surface area (Å²) in [6.07, 6.45) is 1.88. The second-order valence-electron chi connectivity index (χ2n) is 4.67. The van der Waals surface area contributed by atoms with Gasteiger partial charge in [0.15, 0.2) is 0 Å². The number of phenolic OH excluding ortho intramolecular Hbond substituents is 1. The zero-order valence-corrected chi connectivity index (χ0v) is 9.73. The molecular weight excluding hydrogens is 214 g/mol. The molecule has 0 heterocycles. The predicted molar refractivity (Wildman–Crippen MR) is 67.3 cm³/mol. The summed E-state index contributed by atoms with van der Waals surface area (Å²) in [4.78, 5) is 0. The zero-order chi connectivity index (χ0) is 12.0. The van der Waals surface area contributed by atoms with Crippen LogP contribution in [0.1, 0.15) is 18.4 Å². The molecule has 0 radical (unpaired) electrons. The Hall–Kier alpha value is -1.74. The normalized spacial score (nSPS) is 17.1. The van der Waals surface area contributed by atoms with Crippen molar-refractivity contribution in [3.8, 4) is 11.5 Å². The average molecular weight is 229 g/mol. The van der Waals surface area contributed by atoms with Gasteiger partial charge in [0.05, 0.1) is 7.11 Å². The molecule has 0 spiro atoms. The SMILES string of the molecule is COc1cccc2c(O)c(C3(N)CC3)ccc12. The molecule has 3 heteroatoms. The number of hydrogen-bond acceptors (Lipinski definition) is 3. The third-order valence-electron chi connectivity index (χ3n) is 3.54. The number of rotatable bonds is 2. The summed E-state index contributed by atoms with van der Waals surface area (Å²) < 4.78 is 5.28. The van der Waals surface area contributed by atoms with E-state index in [0.717, 1.165) is 34.9 Å². The highest BCUT2D eigenvalue weighted by Crippen LogP contribution is 2.48. The van der Waals surface area contributed by atoms with Gasteiger partial charge in [0.2, 0.25) is 0 Å². The Labute approximate surface area is 99.8 Å². The number of methoxy groups -OCH3 is 1. The Morgan fingerprint density at radius 1 is 1.18 bits per heavy atom. The van der Waals surface area contributed by atoms with Crippen molar-refractivity contribution in [2.24, 2.45) is 5.73 Å². The van der Waals surface area contributed by atoms with Crippen LogP contribution in [0.4, 0.5) is 0 Å².